The summed E-state index contributed by atoms with van der Waals surface area (Å²) in [5.41, 5.74) is 0.327. The van der Waals surface area contributed by atoms with Gasteiger partial charge in [0.25, 0.3) is 0 Å². The summed E-state index contributed by atoms with van der Waals surface area (Å²) in [5.74, 6) is 0.563. The first-order valence-electron chi connectivity index (χ1n) is 8.04. The molecule has 1 aliphatic heterocycles. The molecule has 3 nitrogen and oxygen atoms in total. The first-order valence-corrected chi connectivity index (χ1v) is 8.04. The minimum atomic E-state index is -0.248. The number of rotatable bonds is 5. The zero-order valence-electron chi connectivity index (χ0n) is 12.9. The van der Waals surface area contributed by atoms with Crippen LogP contribution in [0.15, 0.2) is 24.3 Å². The molecule has 1 aromatic carbocycles. The Hall–Kier alpha value is -1.44. The summed E-state index contributed by atoms with van der Waals surface area (Å²) in [6.45, 7) is 3.10. The number of ether oxygens (including phenoxy) is 2. The van der Waals surface area contributed by atoms with E-state index in [4.69, 9.17) is 14.7 Å². The summed E-state index contributed by atoms with van der Waals surface area (Å²) in [6.07, 6.45) is 3.17. The number of benzene rings is 1. The van der Waals surface area contributed by atoms with E-state index in [9.17, 15) is 4.39 Å². The Morgan fingerprint density at radius 3 is 3.00 bits per heavy atom. The first-order chi connectivity index (χ1) is 10.7. The number of fused-ring (bicyclic) bond motifs is 2. The normalized spacial score (nSPS) is 33.6. The van der Waals surface area contributed by atoms with Gasteiger partial charge in [-0.1, -0.05) is 25.1 Å². The first kappa shape index (κ1) is 15.5. The number of nitrogens with zero attached hydrogens (tertiary/aromatic N) is 1. The summed E-state index contributed by atoms with van der Waals surface area (Å²) < 4.78 is 25.9. The van der Waals surface area contributed by atoms with Gasteiger partial charge in [-0.15, -0.1) is 0 Å². The Kier molecular flexibility index (Phi) is 4.46. The highest BCUT2D eigenvalue weighted by Crippen LogP contribution is 2.49. The second kappa shape index (κ2) is 6.36. The van der Waals surface area contributed by atoms with E-state index in [-0.39, 0.29) is 24.1 Å². The van der Waals surface area contributed by atoms with E-state index >= 15 is 0 Å². The van der Waals surface area contributed by atoms with Gasteiger partial charge < -0.3 is 9.47 Å². The van der Waals surface area contributed by atoms with E-state index in [1.54, 1.807) is 12.1 Å². The van der Waals surface area contributed by atoms with Crippen molar-refractivity contribution < 1.29 is 13.9 Å². The van der Waals surface area contributed by atoms with Crippen LogP contribution in [0.25, 0.3) is 0 Å². The molecular weight excluding hydrogens is 281 g/mol. The average molecular weight is 303 g/mol. The lowest BCUT2D eigenvalue weighted by Crippen LogP contribution is -2.47. The van der Waals surface area contributed by atoms with Gasteiger partial charge in [-0.3, -0.25) is 0 Å². The average Bonchev–Trinajstić information content (AvgIpc) is 2.92. The van der Waals surface area contributed by atoms with Crippen LogP contribution in [0.1, 0.15) is 38.2 Å². The van der Waals surface area contributed by atoms with Gasteiger partial charge in [0, 0.05) is 12.0 Å². The van der Waals surface area contributed by atoms with Crippen molar-refractivity contribution in [1.29, 1.82) is 5.26 Å². The number of hydrogen-bond acceptors (Lipinski definition) is 3. The molecule has 0 aromatic heterocycles. The van der Waals surface area contributed by atoms with Crippen LogP contribution in [0.2, 0.25) is 0 Å². The fourth-order valence-corrected chi connectivity index (χ4v) is 3.91. The van der Waals surface area contributed by atoms with Crippen molar-refractivity contribution in [3.8, 4) is 6.07 Å². The molecule has 0 N–H and O–H groups in total. The summed E-state index contributed by atoms with van der Waals surface area (Å²) >= 11 is 0. The van der Waals surface area contributed by atoms with Crippen LogP contribution < -0.4 is 0 Å². The third-order valence-electron chi connectivity index (χ3n) is 5.31. The Balaban J connectivity index is 1.72. The van der Waals surface area contributed by atoms with Crippen molar-refractivity contribution in [2.45, 2.75) is 50.9 Å². The second-order valence-corrected chi connectivity index (χ2v) is 6.44. The summed E-state index contributed by atoms with van der Waals surface area (Å²) in [7, 11) is 0. The molecular formula is C18H22FNO2. The molecule has 1 heterocycles. The molecule has 4 atom stereocenters. The van der Waals surface area contributed by atoms with Gasteiger partial charge >= 0.3 is 0 Å². The number of nitriles is 1. The zero-order valence-corrected chi connectivity index (χ0v) is 12.9. The van der Waals surface area contributed by atoms with Crippen LogP contribution in [0, 0.1) is 29.0 Å². The molecule has 2 aliphatic rings. The SMILES string of the molecule is CC[C@]12C[C@H](CO1)[C@H](CC#N)C[C@@H]2OCc1ccccc1F. The molecule has 4 heteroatoms. The van der Waals surface area contributed by atoms with Gasteiger partial charge in [0.2, 0.25) is 0 Å². The van der Waals surface area contributed by atoms with E-state index in [1.165, 1.54) is 6.07 Å². The van der Waals surface area contributed by atoms with Crippen molar-refractivity contribution >= 4 is 0 Å². The monoisotopic (exact) mass is 303 g/mol. The maximum Gasteiger partial charge on any atom is 0.128 e. The third-order valence-corrected chi connectivity index (χ3v) is 5.31. The van der Waals surface area contributed by atoms with Gasteiger partial charge in [-0.25, -0.2) is 4.39 Å². The van der Waals surface area contributed by atoms with Crippen molar-refractivity contribution in [2.75, 3.05) is 6.61 Å². The Labute approximate surface area is 131 Å². The zero-order chi connectivity index (χ0) is 15.6. The topological polar surface area (TPSA) is 42.2 Å². The summed E-state index contributed by atoms with van der Waals surface area (Å²) in [4.78, 5) is 0. The van der Waals surface area contributed by atoms with Gasteiger partial charge in [0.1, 0.15) is 5.82 Å². The van der Waals surface area contributed by atoms with Crippen LogP contribution in [0.3, 0.4) is 0 Å². The molecule has 0 unspecified atom stereocenters. The van der Waals surface area contributed by atoms with Gasteiger partial charge in [0.15, 0.2) is 0 Å². The fraction of sp³-hybridized carbons (Fsp3) is 0.611. The minimum Gasteiger partial charge on any atom is -0.372 e. The molecule has 1 saturated heterocycles. The largest absolute Gasteiger partial charge is 0.372 e. The molecule has 2 fully saturated rings. The second-order valence-electron chi connectivity index (χ2n) is 6.44. The van der Waals surface area contributed by atoms with Gasteiger partial charge in [-0.2, -0.15) is 5.26 Å². The van der Waals surface area contributed by atoms with E-state index in [2.05, 4.69) is 13.0 Å². The van der Waals surface area contributed by atoms with Crippen LogP contribution in [-0.2, 0) is 16.1 Å². The lowest BCUT2D eigenvalue weighted by molar-refractivity contribution is -0.136. The highest BCUT2D eigenvalue weighted by Gasteiger charge is 2.53. The molecule has 0 radical (unpaired) electrons. The number of halogens is 1. The van der Waals surface area contributed by atoms with Gasteiger partial charge in [-0.05, 0) is 37.2 Å². The molecule has 1 aliphatic carbocycles. The molecule has 1 aromatic rings. The summed E-state index contributed by atoms with van der Waals surface area (Å²) in [6, 6.07) is 8.99. The molecule has 22 heavy (non-hydrogen) atoms. The molecule has 0 amide bonds. The van der Waals surface area contributed by atoms with Crippen LogP contribution in [-0.4, -0.2) is 18.3 Å². The maximum atomic E-state index is 13.8. The molecule has 2 bridgehead atoms. The fourth-order valence-electron chi connectivity index (χ4n) is 3.91. The lowest BCUT2D eigenvalue weighted by Gasteiger charge is -2.41. The van der Waals surface area contributed by atoms with Crippen molar-refractivity contribution in [1.82, 2.24) is 0 Å². The molecule has 3 rings (SSSR count). The van der Waals surface area contributed by atoms with Crippen molar-refractivity contribution in [3.63, 3.8) is 0 Å². The van der Waals surface area contributed by atoms with E-state index in [0.717, 1.165) is 25.9 Å². The highest BCUT2D eigenvalue weighted by molar-refractivity contribution is 5.16. The Morgan fingerprint density at radius 2 is 2.27 bits per heavy atom. The summed E-state index contributed by atoms with van der Waals surface area (Å²) in [5, 5.41) is 9.02. The van der Waals surface area contributed by atoms with Crippen LogP contribution in [0.4, 0.5) is 4.39 Å². The van der Waals surface area contributed by atoms with E-state index in [1.807, 2.05) is 6.07 Å². The van der Waals surface area contributed by atoms with Gasteiger partial charge in [0.05, 0.1) is 31.0 Å². The lowest BCUT2D eigenvalue weighted by atomic mass is 9.70. The number of hydrogen-bond donors (Lipinski definition) is 0. The van der Waals surface area contributed by atoms with E-state index in [0.29, 0.717) is 23.8 Å². The Bertz CT molecular complexity index is 570. The van der Waals surface area contributed by atoms with Crippen LogP contribution >= 0.6 is 0 Å². The van der Waals surface area contributed by atoms with E-state index < -0.39 is 0 Å². The van der Waals surface area contributed by atoms with Crippen molar-refractivity contribution in [2.24, 2.45) is 11.8 Å². The predicted molar refractivity (Wildman–Crippen MR) is 80.4 cm³/mol. The Morgan fingerprint density at radius 1 is 1.45 bits per heavy atom. The molecule has 0 spiro atoms. The standard InChI is InChI=1S/C18H22FNO2/c1-2-18-10-15(12-22-18)13(7-8-20)9-17(18)21-11-14-5-3-4-6-16(14)19/h3-6,13,15,17H,2,7,9-12H2,1H3/t13-,15-,17+,18-/m1/s1. The minimum absolute atomic E-state index is 0.0609. The third kappa shape index (κ3) is 2.76. The highest BCUT2D eigenvalue weighted by atomic mass is 19.1. The smallest absolute Gasteiger partial charge is 0.128 e. The molecule has 1 saturated carbocycles. The maximum absolute atomic E-state index is 13.8. The molecule has 118 valence electrons. The van der Waals surface area contributed by atoms with Crippen molar-refractivity contribution in [3.05, 3.63) is 35.6 Å². The predicted octanol–water partition coefficient (Wildman–Crippen LogP) is 3.83. The quantitative estimate of drug-likeness (QED) is 0.830. The van der Waals surface area contributed by atoms with Crippen LogP contribution in [0.5, 0.6) is 0 Å².